The number of hydrogen-bond acceptors (Lipinski definition) is 4. The molecule has 0 bridgehead atoms. The van der Waals surface area contributed by atoms with Crippen molar-refractivity contribution in [3.8, 4) is 0 Å². The molecule has 1 aliphatic rings. The van der Waals surface area contributed by atoms with Crippen molar-refractivity contribution in [2.75, 3.05) is 39.8 Å². The van der Waals surface area contributed by atoms with Crippen molar-refractivity contribution < 1.29 is 9.15 Å². The van der Waals surface area contributed by atoms with Crippen LogP contribution in [0.15, 0.2) is 52.1 Å². The van der Waals surface area contributed by atoms with Crippen LogP contribution >= 0.6 is 0 Å². The molecule has 2 N–H and O–H groups in total. The SMILES string of the molecule is CN=C(NCCCOCc1ccco1)NCC1CCN(Cc2ccc(C)cc2)CC1. The van der Waals surface area contributed by atoms with Crippen LogP contribution in [0.25, 0.3) is 0 Å². The molecule has 6 nitrogen and oxygen atoms in total. The van der Waals surface area contributed by atoms with Crippen LogP contribution in [0.2, 0.25) is 0 Å². The largest absolute Gasteiger partial charge is 0.467 e. The zero-order valence-corrected chi connectivity index (χ0v) is 18.4. The van der Waals surface area contributed by atoms with Gasteiger partial charge in [0.25, 0.3) is 0 Å². The molecular formula is C24H36N4O2. The normalized spacial score (nSPS) is 16.0. The molecule has 1 aromatic carbocycles. The summed E-state index contributed by atoms with van der Waals surface area (Å²) in [7, 11) is 1.83. The van der Waals surface area contributed by atoms with Crippen molar-refractivity contribution in [2.45, 2.75) is 39.3 Å². The maximum atomic E-state index is 5.61. The van der Waals surface area contributed by atoms with Gasteiger partial charge in [0, 0.05) is 33.3 Å². The molecule has 1 aromatic heterocycles. The highest BCUT2D eigenvalue weighted by atomic mass is 16.5. The van der Waals surface area contributed by atoms with Crippen LogP contribution in [-0.4, -0.2) is 50.7 Å². The maximum absolute atomic E-state index is 5.61. The molecule has 1 aliphatic heterocycles. The zero-order chi connectivity index (χ0) is 21.0. The average Bonchev–Trinajstić information content (AvgIpc) is 3.29. The first kappa shape index (κ1) is 22.4. The fraction of sp³-hybridized carbons (Fsp3) is 0.542. The van der Waals surface area contributed by atoms with Crippen molar-refractivity contribution in [1.82, 2.24) is 15.5 Å². The molecule has 0 saturated carbocycles. The first-order valence-electron chi connectivity index (χ1n) is 11.1. The summed E-state index contributed by atoms with van der Waals surface area (Å²) in [5.74, 6) is 2.45. The number of piperidine rings is 1. The van der Waals surface area contributed by atoms with E-state index >= 15 is 0 Å². The number of ether oxygens (including phenoxy) is 1. The third-order valence-electron chi connectivity index (χ3n) is 5.60. The first-order chi connectivity index (χ1) is 14.7. The van der Waals surface area contributed by atoms with Crippen LogP contribution in [0.1, 0.15) is 36.1 Å². The molecule has 6 heteroatoms. The lowest BCUT2D eigenvalue weighted by Crippen LogP contribution is -2.43. The Balaban J connectivity index is 1.24. The van der Waals surface area contributed by atoms with Crippen molar-refractivity contribution in [2.24, 2.45) is 10.9 Å². The van der Waals surface area contributed by atoms with E-state index in [0.29, 0.717) is 19.1 Å². The van der Waals surface area contributed by atoms with Gasteiger partial charge in [0.15, 0.2) is 5.96 Å². The lowest BCUT2D eigenvalue weighted by molar-refractivity contribution is 0.105. The maximum Gasteiger partial charge on any atom is 0.190 e. The minimum atomic E-state index is 0.530. The number of guanidine groups is 1. The van der Waals surface area contributed by atoms with Gasteiger partial charge in [-0.3, -0.25) is 9.89 Å². The lowest BCUT2D eigenvalue weighted by atomic mass is 9.96. The Hall–Kier alpha value is -2.31. The molecule has 0 aliphatic carbocycles. The Kier molecular flexibility index (Phi) is 9.25. The van der Waals surface area contributed by atoms with Gasteiger partial charge >= 0.3 is 0 Å². The van der Waals surface area contributed by atoms with Gasteiger partial charge in [-0.25, -0.2) is 0 Å². The Morgan fingerprint density at radius 1 is 1.17 bits per heavy atom. The molecule has 3 rings (SSSR count). The Labute approximate surface area is 180 Å². The summed E-state index contributed by atoms with van der Waals surface area (Å²) in [6.45, 7) is 8.58. The third kappa shape index (κ3) is 7.84. The molecule has 0 atom stereocenters. The molecule has 164 valence electrons. The summed E-state index contributed by atoms with van der Waals surface area (Å²) in [6, 6.07) is 12.7. The predicted molar refractivity (Wildman–Crippen MR) is 122 cm³/mol. The summed E-state index contributed by atoms with van der Waals surface area (Å²) >= 11 is 0. The van der Waals surface area contributed by atoms with E-state index < -0.39 is 0 Å². The summed E-state index contributed by atoms with van der Waals surface area (Å²) in [5, 5.41) is 6.86. The number of rotatable bonds is 10. The highest BCUT2D eigenvalue weighted by Gasteiger charge is 2.19. The van der Waals surface area contributed by atoms with Crippen molar-refractivity contribution >= 4 is 5.96 Å². The van der Waals surface area contributed by atoms with Gasteiger partial charge < -0.3 is 19.8 Å². The summed E-state index contributed by atoms with van der Waals surface area (Å²) in [6.07, 6.45) is 5.07. The number of likely N-dealkylation sites (tertiary alicyclic amines) is 1. The van der Waals surface area contributed by atoms with Gasteiger partial charge in [-0.15, -0.1) is 0 Å². The van der Waals surface area contributed by atoms with Crippen LogP contribution in [0.4, 0.5) is 0 Å². The number of nitrogens with zero attached hydrogens (tertiary/aromatic N) is 2. The molecular weight excluding hydrogens is 376 g/mol. The van der Waals surface area contributed by atoms with Crippen LogP contribution < -0.4 is 10.6 Å². The average molecular weight is 413 g/mol. The van der Waals surface area contributed by atoms with E-state index in [1.54, 1.807) is 6.26 Å². The lowest BCUT2D eigenvalue weighted by Gasteiger charge is -2.32. The monoisotopic (exact) mass is 412 g/mol. The second kappa shape index (κ2) is 12.4. The third-order valence-corrected chi connectivity index (χ3v) is 5.60. The molecule has 1 fully saturated rings. The molecule has 1 saturated heterocycles. The van der Waals surface area contributed by atoms with Crippen LogP contribution in [0.5, 0.6) is 0 Å². The van der Waals surface area contributed by atoms with E-state index in [9.17, 15) is 0 Å². The predicted octanol–water partition coefficient (Wildman–Crippen LogP) is 3.57. The van der Waals surface area contributed by atoms with Gasteiger partial charge in [0.05, 0.1) is 6.26 Å². The highest BCUT2D eigenvalue weighted by Crippen LogP contribution is 2.18. The molecule has 0 radical (unpaired) electrons. The zero-order valence-electron chi connectivity index (χ0n) is 18.4. The van der Waals surface area contributed by atoms with Gasteiger partial charge in [0.1, 0.15) is 12.4 Å². The van der Waals surface area contributed by atoms with Crippen LogP contribution in [0.3, 0.4) is 0 Å². The number of benzene rings is 1. The smallest absolute Gasteiger partial charge is 0.190 e. The Bertz CT molecular complexity index is 735. The highest BCUT2D eigenvalue weighted by molar-refractivity contribution is 5.79. The van der Waals surface area contributed by atoms with Crippen LogP contribution in [-0.2, 0) is 17.9 Å². The van der Waals surface area contributed by atoms with E-state index in [-0.39, 0.29) is 0 Å². The fourth-order valence-corrected chi connectivity index (χ4v) is 3.71. The molecule has 0 unspecified atom stereocenters. The summed E-state index contributed by atoms with van der Waals surface area (Å²) in [4.78, 5) is 6.90. The molecule has 0 spiro atoms. The minimum absolute atomic E-state index is 0.530. The van der Waals surface area contributed by atoms with E-state index in [1.807, 2.05) is 19.2 Å². The molecule has 30 heavy (non-hydrogen) atoms. The van der Waals surface area contributed by atoms with E-state index in [4.69, 9.17) is 9.15 Å². The van der Waals surface area contributed by atoms with Crippen molar-refractivity contribution in [3.63, 3.8) is 0 Å². The van der Waals surface area contributed by atoms with Crippen molar-refractivity contribution in [1.29, 1.82) is 0 Å². The number of hydrogen-bond donors (Lipinski definition) is 2. The Morgan fingerprint density at radius 3 is 2.67 bits per heavy atom. The number of furan rings is 1. The standard InChI is InChI=1S/C24H36N4O2/c1-20-6-8-22(9-7-20)18-28-13-10-21(11-14-28)17-27-24(25-2)26-12-4-15-29-19-23-5-3-16-30-23/h3,5-9,16,21H,4,10-15,17-19H2,1-2H3,(H2,25,26,27). The topological polar surface area (TPSA) is 62.0 Å². The second-order valence-corrected chi connectivity index (χ2v) is 8.07. The summed E-state index contributed by atoms with van der Waals surface area (Å²) in [5.41, 5.74) is 2.74. The van der Waals surface area contributed by atoms with Gasteiger partial charge in [-0.2, -0.15) is 0 Å². The van der Waals surface area contributed by atoms with Gasteiger partial charge in [-0.1, -0.05) is 29.8 Å². The van der Waals surface area contributed by atoms with E-state index in [1.165, 1.54) is 37.1 Å². The van der Waals surface area contributed by atoms with Crippen molar-refractivity contribution in [3.05, 3.63) is 59.5 Å². The minimum Gasteiger partial charge on any atom is -0.467 e. The van der Waals surface area contributed by atoms with E-state index in [0.717, 1.165) is 37.8 Å². The molecule has 2 aromatic rings. The molecule has 0 amide bonds. The van der Waals surface area contributed by atoms with Crippen LogP contribution in [0, 0.1) is 12.8 Å². The number of aliphatic imine (C=N–C) groups is 1. The van der Waals surface area contributed by atoms with Gasteiger partial charge in [-0.05, 0) is 62.9 Å². The van der Waals surface area contributed by atoms with Gasteiger partial charge in [0.2, 0.25) is 0 Å². The fourth-order valence-electron chi connectivity index (χ4n) is 3.71. The summed E-state index contributed by atoms with van der Waals surface area (Å²) < 4.78 is 10.9. The molecule has 2 heterocycles. The first-order valence-corrected chi connectivity index (χ1v) is 11.1. The number of nitrogens with one attached hydrogen (secondary N) is 2. The quantitative estimate of drug-likeness (QED) is 0.355. The number of aryl methyl sites for hydroxylation is 1. The van der Waals surface area contributed by atoms with E-state index in [2.05, 4.69) is 51.7 Å². The second-order valence-electron chi connectivity index (χ2n) is 8.07. The Morgan fingerprint density at radius 2 is 1.97 bits per heavy atom.